The van der Waals surface area contributed by atoms with Gasteiger partial charge in [0, 0.05) is 38.8 Å². The Morgan fingerprint density at radius 2 is 2.05 bits per heavy atom. The molecule has 1 saturated heterocycles. The standard InChI is InChI=1S/C15H15FN4O/c16-14-9-12(10-17)1-2-15(14)20-6-4-19(5-7-20)11-13-3-8-21-18-13/h1-3,8-9H,4-7,11H2. The van der Waals surface area contributed by atoms with Crippen LogP contribution in [0.5, 0.6) is 0 Å². The van der Waals surface area contributed by atoms with Crippen LogP contribution in [0.25, 0.3) is 0 Å². The number of anilines is 1. The second-order valence-corrected chi connectivity index (χ2v) is 5.03. The lowest BCUT2D eigenvalue weighted by Gasteiger charge is -2.35. The van der Waals surface area contributed by atoms with Gasteiger partial charge in [0.1, 0.15) is 12.1 Å². The first kappa shape index (κ1) is 13.6. The Kier molecular flexibility index (Phi) is 3.84. The van der Waals surface area contributed by atoms with E-state index in [4.69, 9.17) is 9.78 Å². The van der Waals surface area contributed by atoms with Crippen molar-refractivity contribution >= 4 is 5.69 Å². The highest BCUT2D eigenvalue weighted by molar-refractivity contribution is 5.51. The summed E-state index contributed by atoms with van der Waals surface area (Å²) < 4.78 is 18.8. The minimum atomic E-state index is -0.334. The van der Waals surface area contributed by atoms with E-state index >= 15 is 0 Å². The summed E-state index contributed by atoms with van der Waals surface area (Å²) in [6.45, 7) is 3.93. The number of benzene rings is 1. The first-order chi connectivity index (χ1) is 10.3. The Labute approximate surface area is 122 Å². The molecular weight excluding hydrogens is 271 g/mol. The van der Waals surface area contributed by atoms with Gasteiger partial charge < -0.3 is 9.42 Å². The van der Waals surface area contributed by atoms with Gasteiger partial charge in [-0.05, 0) is 18.2 Å². The molecule has 0 atom stereocenters. The Balaban J connectivity index is 1.62. The molecule has 1 aliphatic rings. The van der Waals surface area contributed by atoms with Crippen LogP contribution in [0.4, 0.5) is 10.1 Å². The Morgan fingerprint density at radius 1 is 1.24 bits per heavy atom. The van der Waals surface area contributed by atoms with Crippen LogP contribution < -0.4 is 4.90 Å². The second kappa shape index (κ2) is 5.94. The topological polar surface area (TPSA) is 56.3 Å². The summed E-state index contributed by atoms with van der Waals surface area (Å²) in [6, 6.07) is 8.42. The van der Waals surface area contributed by atoms with Crippen LogP contribution in [0.1, 0.15) is 11.3 Å². The van der Waals surface area contributed by atoms with E-state index in [1.165, 1.54) is 6.07 Å². The molecule has 0 radical (unpaired) electrons. The third-order valence-electron chi connectivity index (χ3n) is 3.67. The molecule has 2 aromatic rings. The third-order valence-corrected chi connectivity index (χ3v) is 3.67. The molecule has 5 nitrogen and oxygen atoms in total. The molecule has 0 N–H and O–H groups in total. The Hall–Kier alpha value is -2.39. The average molecular weight is 286 g/mol. The maximum absolute atomic E-state index is 14.0. The summed E-state index contributed by atoms with van der Waals surface area (Å²) in [5.41, 5.74) is 1.82. The van der Waals surface area contributed by atoms with Crippen molar-refractivity contribution in [3.63, 3.8) is 0 Å². The van der Waals surface area contributed by atoms with E-state index in [1.54, 1.807) is 18.4 Å². The highest BCUT2D eigenvalue weighted by Gasteiger charge is 2.20. The van der Waals surface area contributed by atoms with Crippen LogP contribution in [-0.4, -0.2) is 36.2 Å². The number of nitriles is 1. The third kappa shape index (κ3) is 3.03. The molecule has 1 aromatic heterocycles. The summed E-state index contributed by atoms with van der Waals surface area (Å²) in [5, 5.41) is 12.7. The van der Waals surface area contributed by atoms with Crippen molar-refractivity contribution in [1.29, 1.82) is 5.26 Å². The largest absolute Gasteiger partial charge is 0.367 e. The van der Waals surface area contributed by atoms with Gasteiger partial charge in [-0.3, -0.25) is 4.90 Å². The van der Waals surface area contributed by atoms with Crippen LogP contribution in [0.15, 0.2) is 35.1 Å². The van der Waals surface area contributed by atoms with Crippen LogP contribution >= 0.6 is 0 Å². The lowest BCUT2D eigenvalue weighted by Crippen LogP contribution is -2.46. The zero-order chi connectivity index (χ0) is 14.7. The van der Waals surface area contributed by atoms with Crippen molar-refractivity contribution in [2.45, 2.75) is 6.54 Å². The summed E-state index contributed by atoms with van der Waals surface area (Å²) in [6.07, 6.45) is 1.57. The summed E-state index contributed by atoms with van der Waals surface area (Å²) >= 11 is 0. The van der Waals surface area contributed by atoms with Gasteiger partial charge in [0.05, 0.1) is 23.0 Å². The van der Waals surface area contributed by atoms with E-state index in [-0.39, 0.29) is 5.82 Å². The average Bonchev–Trinajstić information content (AvgIpc) is 3.01. The van der Waals surface area contributed by atoms with Crippen LogP contribution in [0.2, 0.25) is 0 Å². The summed E-state index contributed by atoms with van der Waals surface area (Å²) in [5.74, 6) is -0.334. The molecule has 3 rings (SSSR count). The highest BCUT2D eigenvalue weighted by atomic mass is 19.1. The summed E-state index contributed by atoms with van der Waals surface area (Å²) in [7, 11) is 0. The van der Waals surface area contributed by atoms with E-state index in [0.29, 0.717) is 11.3 Å². The van der Waals surface area contributed by atoms with Gasteiger partial charge in [-0.2, -0.15) is 5.26 Å². The van der Waals surface area contributed by atoms with E-state index in [2.05, 4.69) is 10.1 Å². The SMILES string of the molecule is N#Cc1ccc(N2CCN(Cc3ccon3)CC2)c(F)c1. The van der Waals surface area contributed by atoms with Gasteiger partial charge in [-0.25, -0.2) is 4.39 Å². The lowest BCUT2D eigenvalue weighted by molar-refractivity contribution is 0.241. The van der Waals surface area contributed by atoms with Gasteiger partial charge in [0.15, 0.2) is 0 Å². The first-order valence-corrected chi connectivity index (χ1v) is 6.82. The predicted molar refractivity (Wildman–Crippen MR) is 75.1 cm³/mol. The smallest absolute Gasteiger partial charge is 0.147 e. The van der Waals surface area contributed by atoms with Crippen molar-refractivity contribution in [2.24, 2.45) is 0 Å². The summed E-state index contributed by atoms with van der Waals surface area (Å²) in [4.78, 5) is 4.27. The molecule has 0 spiro atoms. The van der Waals surface area contributed by atoms with Gasteiger partial charge in [-0.15, -0.1) is 0 Å². The van der Waals surface area contributed by atoms with Gasteiger partial charge in [0.2, 0.25) is 0 Å². The molecular formula is C15H15FN4O. The number of nitrogens with zero attached hydrogens (tertiary/aromatic N) is 4. The maximum atomic E-state index is 14.0. The zero-order valence-corrected chi connectivity index (χ0v) is 11.5. The first-order valence-electron chi connectivity index (χ1n) is 6.82. The van der Waals surface area contributed by atoms with Crippen LogP contribution in [-0.2, 0) is 6.54 Å². The van der Waals surface area contributed by atoms with Gasteiger partial charge in [0.25, 0.3) is 0 Å². The molecule has 0 amide bonds. The number of halogens is 1. The molecule has 0 unspecified atom stereocenters. The molecule has 0 aliphatic carbocycles. The van der Waals surface area contributed by atoms with Crippen molar-refractivity contribution in [3.8, 4) is 6.07 Å². The van der Waals surface area contributed by atoms with Crippen molar-refractivity contribution in [3.05, 3.63) is 47.6 Å². The van der Waals surface area contributed by atoms with Crippen molar-refractivity contribution < 1.29 is 8.91 Å². The maximum Gasteiger partial charge on any atom is 0.147 e. The van der Waals surface area contributed by atoms with E-state index < -0.39 is 0 Å². The number of piperazine rings is 1. The number of rotatable bonds is 3. The molecule has 1 aliphatic heterocycles. The number of hydrogen-bond donors (Lipinski definition) is 0. The molecule has 6 heteroatoms. The van der Waals surface area contributed by atoms with E-state index in [1.807, 2.05) is 17.0 Å². The molecule has 2 heterocycles. The van der Waals surface area contributed by atoms with Crippen LogP contribution in [0.3, 0.4) is 0 Å². The monoisotopic (exact) mass is 286 g/mol. The molecule has 1 fully saturated rings. The molecule has 0 bridgehead atoms. The fourth-order valence-electron chi connectivity index (χ4n) is 2.53. The Morgan fingerprint density at radius 3 is 2.67 bits per heavy atom. The number of hydrogen-bond acceptors (Lipinski definition) is 5. The highest BCUT2D eigenvalue weighted by Crippen LogP contribution is 2.22. The van der Waals surface area contributed by atoms with Gasteiger partial charge >= 0.3 is 0 Å². The van der Waals surface area contributed by atoms with Gasteiger partial charge in [-0.1, -0.05) is 5.16 Å². The fourth-order valence-corrected chi connectivity index (χ4v) is 2.53. The number of aromatic nitrogens is 1. The van der Waals surface area contributed by atoms with E-state index in [0.717, 1.165) is 38.4 Å². The van der Waals surface area contributed by atoms with E-state index in [9.17, 15) is 4.39 Å². The minimum absolute atomic E-state index is 0.334. The quantitative estimate of drug-likeness (QED) is 0.864. The molecule has 21 heavy (non-hydrogen) atoms. The lowest BCUT2D eigenvalue weighted by atomic mass is 10.2. The van der Waals surface area contributed by atoms with Crippen molar-refractivity contribution in [2.75, 3.05) is 31.1 Å². The molecule has 1 aromatic carbocycles. The zero-order valence-electron chi connectivity index (χ0n) is 11.5. The minimum Gasteiger partial charge on any atom is -0.367 e. The van der Waals surface area contributed by atoms with Crippen LogP contribution in [0, 0.1) is 17.1 Å². The van der Waals surface area contributed by atoms with Crippen molar-refractivity contribution in [1.82, 2.24) is 10.1 Å². The normalized spacial score (nSPS) is 15.9. The fraction of sp³-hybridized carbons (Fsp3) is 0.333. The molecule has 108 valence electrons. The molecule has 0 saturated carbocycles. The predicted octanol–water partition coefficient (Wildman–Crippen LogP) is 2.01. The second-order valence-electron chi connectivity index (χ2n) is 5.03. The Bertz CT molecular complexity index is 642.